The Balaban J connectivity index is 1.99. The minimum atomic E-state index is -0.0556. The molecule has 1 aliphatic rings. The van der Waals surface area contributed by atoms with E-state index in [9.17, 15) is 4.79 Å². The molecular formula is C18H18O3. The monoisotopic (exact) mass is 282 g/mol. The molecule has 0 unspecified atom stereocenters. The van der Waals surface area contributed by atoms with E-state index < -0.39 is 0 Å². The van der Waals surface area contributed by atoms with E-state index in [-0.39, 0.29) is 11.2 Å². The van der Waals surface area contributed by atoms with Crippen LogP contribution in [0.1, 0.15) is 35.3 Å². The molecule has 2 aromatic rings. The van der Waals surface area contributed by atoms with Crippen LogP contribution in [0.3, 0.4) is 0 Å². The Labute approximate surface area is 124 Å². The maximum Gasteiger partial charge on any atom is 0.193 e. The lowest BCUT2D eigenvalue weighted by Crippen LogP contribution is -2.18. The van der Waals surface area contributed by atoms with E-state index in [1.54, 1.807) is 19.2 Å². The third kappa shape index (κ3) is 2.40. The molecular weight excluding hydrogens is 264 g/mol. The Morgan fingerprint density at radius 1 is 1.14 bits per heavy atom. The van der Waals surface area contributed by atoms with Gasteiger partial charge in [0.25, 0.3) is 0 Å². The number of hydrogen-bond acceptors (Lipinski definition) is 3. The van der Waals surface area contributed by atoms with Crippen LogP contribution >= 0.6 is 0 Å². The molecule has 0 amide bonds. The number of methoxy groups -OCH3 is 1. The van der Waals surface area contributed by atoms with Crippen molar-refractivity contribution < 1.29 is 14.3 Å². The average molecular weight is 282 g/mol. The minimum absolute atomic E-state index is 0.000556. The van der Waals surface area contributed by atoms with Gasteiger partial charge in [-0.25, -0.2) is 0 Å². The standard InChI is InChI=1S/C18H18O3/c1-18(2)11-21-16-8-7-13(10-15(16)18)17(19)12-5-4-6-14(9-12)20-3/h4-10H,11H2,1-3H3. The van der Waals surface area contributed by atoms with Gasteiger partial charge in [-0.3, -0.25) is 4.79 Å². The predicted molar refractivity (Wildman–Crippen MR) is 81.4 cm³/mol. The van der Waals surface area contributed by atoms with Gasteiger partial charge in [-0.2, -0.15) is 0 Å². The van der Waals surface area contributed by atoms with Crippen LogP contribution in [0.2, 0.25) is 0 Å². The molecule has 0 fully saturated rings. The van der Waals surface area contributed by atoms with Gasteiger partial charge in [-0.05, 0) is 30.3 Å². The van der Waals surface area contributed by atoms with Crippen molar-refractivity contribution in [1.82, 2.24) is 0 Å². The molecule has 0 N–H and O–H groups in total. The van der Waals surface area contributed by atoms with Crippen molar-refractivity contribution in [1.29, 1.82) is 0 Å². The molecule has 0 radical (unpaired) electrons. The predicted octanol–water partition coefficient (Wildman–Crippen LogP) is 3.60. The smallest absolute Gasteiger partial charge is 0.193 e. The molecule has 3 heteroatoms. The molecule has 21 heavy (non-hydrogen) atoms. The lowest BCUT2D eigenvalue weighted by molar-refractivity contribution is 0.103. The molecule has 0 aliphatic carbocycles. The van der Waals surface area contributed by atoms with Gasteiger partial charge in [-0.15, -0.1) is 0 Å². The summed E-state index contributed by atoms with van der Waals surface area (Å²) in [7, 11) is 1.60. The third-order valence-corrected chi connectivity index (χ3v) is 3.89. The Morgan fingerprint density at radius 3 is 2.67 bits per heavy atom. The summed E-state index contributed by atoms with van der Waals surface area (Å²) in [5, 5.41) is 0. The molecule has 0 bridgehead atoms. The lowest BCUT2D eigenvalue weighted by Gasteiger charge is -2.15. The van der Waals surface area contributed by atoms with Crippen LogP contribution in [0, 0.1) is 0 Å². The summed E-state index contributed by atoms with van der Waals surface area (Å²) in [5.74, 6) is 1.56. The van der Waals surface area contributed by atoms with Gasteiger partial charge in [0.15, 0.2) is 5.78 Å². The molecule has 108 valence electrons. The van der Waals surface area contributed by atoms with E-state index >= 15 is 0 Å². The van der Waals surface area contributed by atoms with Crippen LogP contribution in [0.25, 0.3) is 0 Å². The van der Waals surface area contributed by atoms with Gasteiger partial charge in [0.1, 0.15) is 11.5 Å². The maximum atomic E-state index is 12.6. The van der Waals surface area contributed by atoms with Gasteiger partial charge in [-0.1, -0.05) is 26.0 Å². The summed E-state index contributed by atoms with van der Waals surface area (Å²) < 4.78 is 10.8. The van der Waals surface area contributed by atoms with Gasteiger partial charge in [0, 0.05) is 22.1 Å². The fourth-order valence-corrected chi connectivity index (χ4v) is 2.59. The second-order valence-corrected chi connectivity index (χ2v) is 5.94. The van der Waals surface area contributed by atoms with Crippen LogP contribution in [-0.2, 0) is 5.41 Å². The van der Waals surface area contributed by atoms with Crippen molar-refractivity contribution in [3.8, 4) is 11.5 Å². The zero-order chi connectivity index (χ0) is 15.0. The highest BCUT2D eigenvalue weighted by molar-refractivity contribution is 6.09. The third-order valence-electron chi connectivity index (χ3n) is 3.89. The fraction of sp³-hybridized carbons (Fsp3) is 0.278. The highest BCUT2D eigenvalue weighted by Crippen LogP contribution is 2.39. The number of carbonyl (C=O) groups excluding carboxylic acids is 1. The molecule has 3 rings (SSSR count). The van der Waals surface area contributed by atoms with Gasteiger partial charge in [0.05, 0.1) is 13.7 Å². The number of benzene rings is 2. The van der Waals surface area contributed by atoms with Crippen molar-refractivity contribution >= 4 is 5.78 Å². The summed E-state index contributed by atoms with van der Waals surface area (Å²) in [6, 6.07) is 12.9. The van der Waals surface area contributed by atoms with E-state index in [2.05, 4.69) is 13.8 Å². The summed E-state index contributed by atoms with van der Waals surface area (Å²) in [4.78, 5) is 12.6. The van der Waals surface area contributed by atoms with Crippen LogP contribution in [0.4, 0.5) is 0 Å². The molecule has 0 atom stereocenters. The Morgan fingerprint density at radius 2 is 1.90 bits per heavy atom. The first kappa shape index (κ1) is 13.7. The Bertz CT molecular complexity index is 701. The van der Waals surface area contributed by atoms with Crippen molar-refractivity contribution in [2.75, 3.05) is 13.7 Å². The summed E-state index contributed by atoms with van der Waals surface area (Å²) >= 11 is 0. The molecule has 1 aliphatic heterocycles. The van der Waals surface area contributed by atoms with Gasteiger partial charge in [0.2, 0.25) is 0 Å². The van der Waals surface area contributed by atoms with Gasteiger partial charge < -0.3 is 9.47 Å². The second kappa shape index (κ2) is 4.92. The first-order valence-electron chi connectivity index (χ1n) is 6.97. The number of ketones is 1. The Kier molecular flexibility index (Phi) is 3.20. The van der Waals surface area contributed by atoms with Crippen molar-refractivity contribution in [3.63, 3.8) is 0 Å². The number of fused-ring (bicyclic) bond motifs is 1. The van der Waals surface area contributed by atoms with E-state index in [0.717, 1.165) is 11.3 Å². The first-order valence-corrected chi connectivity index (χ1v) is 6.97. The largest absolute Gasteiger partial charge is 0.497 e. The highest BCUT2D eigenvalue weighted by atomic mass is 16.5. The summed E-state index contributed by atoms with van der Waals surface area (Å²) in [6.07, 6.45) is 0. The molecule has 0 aromatic heterocycles. The van der Waals surface area contributed by atoms with Crippen LogP contribution in [0.5, 0.6) is 11.5 Å². The summed E-state index contributed by atoms with van der Waals surface area (Å²) in [5.41, 5.74) is 2.35. The Hall–Kier alpha value is -2.29. The van der Waals surface area contributed by atoms with E-state index in [4.69, 9.17) is 9.47 Å². The van der Waals surface area contributed by atoms with Crippen molar-refractivity contribution in [2.24, 2.45) is 0 Å². The number of ether oxygens (including phenoxy) is 2. The number of hydrogen-bond donors (Lipinski definition) is 0. The normalized spacial score (nSPS) is 15.2. The second-order valence-electron chi connectivity index (χ2n) is 5.94. The SMILES string of the molecule is COc1cccc(C(=O)c2ccc3c(c2)C(C)(C)CO3)c1. The first-order chi connectivity index (χ1) is 10.0. The fourth-order valence-electron chi connectivity index (χ4n) is 2.59. The lowest BCUT2D eigenvalue weighted by atomic mass is 9.85. The van der Waals surface area contributed by atoms with Crippen molar-refractivity contribution in [2.45, 2.75) is 19.3 Å². The van der Waals surface area contributed by atoms with Crippen LogP contribution in [-0.4, -0.2) is 19.5 Å². The maximum absolute atomic E-state index is 12.6. The van der Waals surface area contributed by atoms with Crippen molar-refractivity contribution in [3.05, 3.63) is 59.2 Å². The molecule has 0 saturated heterocycles. The van der Waals surface area contributed by atoms with Gasteiger partial charge >= 0.3 is 0 Å². The molecule has 3 nitrogen and oxygen atoms in total. The van der Waals surface area contributed by atoms with Crippen LogP contribution in [0.15, 0.2) is 42.5 Å². The summed E-state index contributed by atoms with van der Waals surface area (Å²) in [6.45, 7) is 4.90. The molecule has 2 aromatic carbocycles. The average Bonchev–Trinajstić information content (AvgIpc) is 2.81. The molecule has 0 spiro atoms. The number of carbonyl (C=O) groups is 1. The highest BCUT2D eigenvalue weighted by Gasteiger charge is 2.32. The minimum Gasteiger partial charge on any atom is -0.497 e. The topological polar surface area (TPSA) is 35.5 Å². The molecule has 1 heterocycles. The van der Waals surface area contributed by atoms with E-state index in [0.29, 0.717) is 23.5 Å². The molecule has 0 saturated carbocycles. The van der Waals surface area contributed by atoms with E-state index in [1.807, 2.05) is 30.3 Å². The quantitative estimate of drug-likeness (QED) is 0.807. The van der Waals surface area contributed by atoms with Crippen LogP contribution < -0.4 is 9.47 Å². The number of rotatable bonds is 3. The zero-order valence-electron chi connectivity index (χ0n) is 12.5. The zero-order valence-corrected chi connectivity index (χ0v) is 12.5. The van der Waals surface area contributed by atoms with E-state index in [1.165, 1.54) is 0 Å².